The van der Waals surface area contributed by atoms with E-state index in [0.717, 1.165) is 22.7 Å². The number of aliphatic hydroxyl groups excluding tert-OH is 1. The van der Waals surface area contributed by atoms with Crippen LogP contribution in [0.1, 0.15) is 32.6 Å². The lowest BCUT2D eigenvalue weighted by Crippen LogP contribution is -2.53. The number of ether oxygens (including phenoxy) is 1. The number of aliphatic hydroxyl groups is 1. The molecule has 0 aliphatic carbocycles. The number of benzene rings is 1. The van der Waals surface area contributed by atoms with Gasteiger partial charge < -0.3 is 19.7 Å². The molecule has 150 valence electrons. The first-order chi connectivity index (χ1) is 13.4. The van der Waals surface area contributed by atoms with Crippen LogP contribution < -0.4 is 5.32 Å². The van der Waals surface area contributed by atoms with Gasteiger partial charge in [-0.15, -0.1) is 0 Å². The summed E-state index contributed by atoms with van der Waals surface area (Å²) in [6.45, 7) is 6.40. The minimum absolute atomic E-state index is 0.0182. The molecule has 0 saturated heterocycles. The maximum absolute atomic E-state index is 13.3. The molecular weight excluding hydrogens is 356 g/mol. The van der Waals surface area contributed by atoms with Crippen LogP contribution >= 0.6 is 0 Å². The zero-order chi connectivity index (χ0) is 20.3. The van der Waals surface area contributed by atoms with Gasteiger partial charge >= 0.3 is 0 Å². The Bertz CT molecular complexity index is 831. The zero-order valence-electron chi connectivity index (χ0n) is 16.7. The summed E-state index contributed by atoms with van der Waals surface area (Å²) in [5, 5.41) is 12.6. The second kappa shape index (κ2) is 8.68. The van der Waals surface area contributed by atoms with E-state index in [2.05, 4.69) is 21.4 Å². The molecule has 1 amide bonds. The topological polar surface area (TPSA) is 90.5 Å². The van der Waals surface area contributed by atoms with Crippen LogP contribution in [0.15, 0.2) is 48.2 Å². The standard InChI is InChI=1S/C21H28N4O3/c1-13(2)18(24-21(27)28-4)20(26)25-12-14(3)10-17(25)19-22-11-16(23-19)15-8-6-5-7-9-15/h5-11,13,17-18,21,24,27H,12H2,1-4H3,(H,22,23). The molecule has 0 radical (unpaired) electrons. The largest absolute Gasteiger partial charge is 0.356 e. The highest BCUT2D eigenvalue weighted by Gasteiger charge is 2.36. The molecule has 7 nitrogen and oxygen atoms in total. The number of methoxy groups -OCH3 is 1. The third-order valence-electron chi connectivity index (χ3n) is 4.92. The van der Waals surface area contributed by atoms with Crippen LogP contribution in [0.25, 0.3) is 11.3 Å². The third kappa shape index (κ3) is 4.32. The van der Waals surface area contributed by atoms with Crippen molar-refractivity contribution in [1.29, 1.82) is 0 Å². The number of amides is 1. The van der Waals surface area contributed by atoms with E-state index in [1.807, 2.05) is 51.1 Å². The smallest absolute Gasteiger partial charge is 0.241 e. The van der Waals surface area contributed by atoms with Gasteiger partial charge in [0, 0.05) is 13.7 Å². The highest BCUT2D eigenvalue weighted by atomic mass is 16.6. The fourth-order valence-corrected chi connectivity index (χ4v) is 3.42. The molecule has 7 heteroatoms. The Balaban J connectivity index is 1.84. The van der Waals surface area contributed by atoms with Crippen molar-refractivity contribution < 1.29 is 14.6 Å². The highest BCUT2D eigenvalue weighted by Crippen LogP contribution is 2.31. The lowest BCUT2D eigenvalue weighted by molar-refractivity contribution is -0.144. The number of nitrogens with one attached hydrogen (secondary N) is 2. The molecule has 1 aromatic heterocycles. The first kappa shape index (κ1) is 20.3. The third-order valence-corrected chi connectivity index (χ3v) is 4.92. The Morgan fingerprint density at radius 1 is 1.36 bits per heavy atom. The number of aromatic amines is 1. The van der Waals surface area contributed by atoms with E-state index in [0.29, 0.717) is 6.54 Å². The fourth-order valence-electron chi connectivity index (χ4n) is 3.42. The molecule has 0 spiro atoms. The number of carbonyl (C=O) groups is 1. The van der Waals surface area contributed by atoms with Gasteiger partial charge in [0.25, 0.3) is 0 Å². The number of hydrogen-bond donors (Lipinski definition) is 3. The molecule has 0 bridgehead atoms. The maximum atomic E-state index is 13.3. The van der Waals surface area contributed by atoms with Crippen molar-refractivity contribution in [3.8, 4) is 11.3 Å². The van der Waals surface area contributed by atoms with E-state index in [9.17, 15) is 9.90 Å². The highest BCUT2D eigenvalue weighted by molar-refractivity contribution is 5.83. The molecule has 1 aromatic carbocycles. The summed E-state index contributed by atoms with van der Waals surface area (Å²) in [5.41, 5.74) is 3.06. The summed E-state index contributed by atoms with van der Waals surface area (Å²) in [6.07, 6.45) is 2.65. The van der Waals surface area contributed by atoms with Gasteiger partial charge in [0.1, 0.15) is 11.9 Å². The molecule has 28 heavy (non-hydrogen) atoms. The number of nitrogens with zero attached hydrogens (tertiary/aromatic N) is 2. The van der Waals surface area contributed by atoms with Crippen LogP contribution in [-0.2, 0) is 9.53 Å². The Morgan fingerprint density at radius 3 is 2.71 bits per heavy atom. The quantitative estimate of drug-likeness (QED) is 0.504. The van der Waals surface area contributed by atoms with Crippen molar-refractivity contribution in [3.63, 3.8) is 0 Å². The first-order valence-corrected chi connectivity index (χ1v) is 9.45. The summed E-state index contributed by atoms with van der Waals surface area (Å²) < 4.78 is 4.87. The molecule has 0 fully saturated rings. The number of H-pyrrole nitrogens is 1. The van der Waals surface area contributed by atoms with E-state index < -0.39 is 12.5 Å². The van der Waals surface area contributed by atoms with Crippen molar-refractivity contribution in [2.24, 2.45) is 5.92 Å². The van der Waals surface area contributed by atoms with Crippen LogP contribution in [-0.4, -0.2) is 52.0 Å². The molecule has 2 aromatic rings. The van der Waals surface area contributed by atoms with Gasteiger partial charge in [-0.3, -0.25) is 10.1 Å². The minimum atomic E-state index is -1.19. The average molecular weight is 384 g/mol. The molecule has 3 N–H and O–H groups in total. The molecule has 1 aliphatic rings. The van der Waals surface area contributed by atoms with Crippen molar-refractivity contribution >= 4 is 5.91 Å². The minimum Gasteiger partial charge on any atom is -0.356 e. The molecule has 1 aliphatic heterocycles. The van der Waals surface area contributed by atoms with E-state index in [1.54, 1.807) is 11.1 Å². The van der Waals surface area contributed by atoms with Crippen molar-refractivity contribution in [2.45, 2.75) is 39.3 Å². The Morgan fingerprint density at radius 2 is 2.07 bits per heavy atom. The van der Waals surface area contributed by atoms with Gasteiger partial charge in [-0.1, -0.05) is 55.8 Å². The van der Waals surface area contributed by atoms with Crippen molar-refractivity contribution in [1.82, 2.24) is 20.2 Å². The van der Waals surface area contributed by atoms with Gasteiger partial charge in [-0.25, -0.2) is 4.98 Å². The monoisotopic (exact) mass is 384 g/mol. The van der Waals surface area contributed by atoms with Gasteiger partial charge in [0.15, 0.2) is 0 Å². The van der Waals surface area contributed by atoms with Crippen molar-refractivity contribution in [3.05, 3.63) is 54.0 Å². The molecule has 3 atom stereocenters. The van der Waals surface area contributed by atoms with Crippen LogP contribution in [0, 0.1) is 5.92 Å². The van der Waals surface area contributed by atoms with Crippen LogP contribution in [0.4, 0.5) is 0 Å². The Hall–Kier alpha value is -2.48. The van der Waals surface area contributed by atoms with Crippen LogP contribution in [0.3, 0.4) is 0 Å². The number of aromatic nitrogens is 2. The zero-order valence-corrected chi connectivity index (χ0v) is 16.7. The van der Waals surface area contributed by atoms with Gasteiger partial charge in [-0.05, 0) is 18.4 Å². The summed E-state index contributed by atoms with van der Waals surface area (Å²) in [5.74, 6) is 0.607. The average Bonchev–Trinajstić information content (AvgIpc) is 3.32. The van der Waals surface area contributed by atoms with Gasteiger partial charge in [0.05, 0.1) is 17.9 Å². The molecule has 0 saturated carbocycles. The molecule has 3 unspecified atom stereocenters. The first-order valence-electron chi connectivity index (χ1n) is 9.45. The number of rotatable bonds is 7. The molecule has 3 rings (SSSR count). The van der Waals surface area contributed by atoms with E-state index >= 15 is 0 Å². The number of imidazole rings is 1. The predicted octanol–water partition coefficient (Wildman–Crippen LogP) is 2.44. The fraction of sp³-hybridized carbons (Fsp3) is 0.429. The maximum Gasteiger partial charge on any atom is 0.241 e. The summed E-state index contributed by atoms with van der Waals surface area (Å²) in [7, 11) is 1.39. The lowest BCUT2D eigenvalue weighted by Gasteiger charge is -2.31. The molecular formula is C21H28N4O3. The van der Waals surface area contributed by atoms with E-state index in [-0.39, 0.29) is 17.9 Å². The van der Waals surface area contributed by atoms with E-state index in [4.69, 9.17) is 4.74 Å². The van der Waals surface area contributed by atoms with E-state index in [1.165, 1.54) is 7.11 Å². The predicted molar refractivity (Wildman–Crippen MR) is 107 cm³/mol. The van der Waals surface area contributed by atoms with Crippen LogP contribution in [0.2, 0.25) is 0 Å². The SMILES string of the molecule is COC(O)NC(C(=O)N1CC(C)=CC1c1ncc(-c2ccccc2)[nH]1)C(C)C. The lowest BCUT2D eigenvalue weighted by atomic mass is 10.0. The molecule has 2 heterocycles. The van der Waals surface area contributed by atoms with Gasteiger partial charge in [-0.2, -0.15) is 0 Å². The summed E-state index contributed by atoms with van der Waals surface area (Å²) in [6, 6.07) is 9.11. The summed E-state index contributed by atoms with van der Waals surface area (Å²) >= 11 is 0. The second-order valence-electron chi connectivity index (χ2n) is 7.45. The normalized spacial score (nSPS) is 19.0. The van der Waals surface area contributed by atoms with Crippen LogP contribution in [0.5, 0.6) is 0 Å². The number of carbonyl (C=O) groups excluding carboxylic acids is 1. The van der Waals surface area contributed by atoms with Crippen molar-refractivity contribution in [2.75, 3.05) is 13.7 Å². The van der Waals surface area contributed by atoms with Gasteiger partial charge in [0.2, 0.25) is 12.3 Å². The Kier molecular flexibility index (Phi) is 6.28. The number of hydrogen-bond acceptors (Lipinski definition) is 5. The Labute approximate surface area is 165 Å². The second-order valence-corrected chi connectivity index (χ2v) is 7.45. The summed E-state index contributed by atoms with van der Waals surface area (Å²) in [4.78, 5) is 22.9.